The van der Waals surface area contributed by atoms with Crippen LogP contribution in [-0.2, 0) is 4.79 Å². The van der Waals surface area contributed by atoms with Crippen molar-refractivity contribution in [3.8, 4) is 0 Å². The minimum atomic E-state index is -0.822. The lowest BCUT2D eigenvalue weighted by molar-refractivity contribution is -0.135. The second kappa shape index (κ2) is 2.66. The number of hydrogen-bond donors (Lipinski definition) is 2. The molecule has 2 N–H and O–H groups in total. The molecule has 0 heterocycles. The molecule has 0 fully saturated rings. The second-order valence-electron chi connectivity index (χ2n) is 0.924. The third kappa shape index (κ3) is 3.43. The Bertz CT molecular complexity index is 52.8. The number of rotatable bonds is 2. The quantitative estimate of drug-likeness (QED) is 0.350. The molecule has 0 saturated heterocycles. The number of carboxylic acids is 1. The van der Waals surface area contributed by atoms with Crippen molar-refractivity contribution in [3.05, 3.63) is 0 Å². The molecule has 0 saturated carbocycles. The number of carboxylic acid groups (broad SMARTS) is 1. The first-order chi connectivity index (χ1) is 2.77. The highest BCUT2D eigenvalue weighted by Crippen LogP contribution is 1.50. The molecule has 0 unspecified atom stereocenters. The molecule has 0 spiro atoms. The maximum absolute atomic E-state index is 9.54. The zero-order valence-corrected chi connectivity index (χ0v) is 3.56. The Morgan fingerprint density at radius 3 is 2.50 bits per heavy atom. The first kappa shape index (κ1) is 5.43. The average molecular weight is 93.1 g/mol. The number of likely N-dealkylation sites (N-methyl/N-ethyl adjacent to an activating group) is 1. The summed E-state index contributed by atoms with van der Waals surface area (Å²) in [6.07, 6.45) is 0. The van der Waals surface area contributed by atoms with Crippen LogP contribution in [0.5, 0.6) is 0 Å². The van der Waals surface area contributed by atoms with Crippen molar-refractivity contribution in [1.82, 2.24) is 5.32 Å². The van der Waals surface area contributed by atoms with Crippen molar-refractivity contribution in [3.63, 3.8) is 0 Å². The van der Waals surface area contributed by atoms with Gasteiger partial charge in [-0.15, -0.1) is 0 Å². The first-order valence-corrected chi connectivity index (χ1v) is 1.63. The van der Waals surface area contributed by atoms with E-state index in [0.29, 0.717) is 0 Å². The third-order valence-corrected chi connectivity index (χ3v) is 0.328. The molecular weight excluding hydrogens is 86.0 g/mol. The van der Waals surface area contributed by atoms with Crippen molar-refractivity contribution >= 4 is 5.97 Å². The van der Waals surface area contributed by atoms with Gasteiger partial charge in [0.2, 0.25) is 0 Å². The molecule has 0 radical (unpaired) electrons. The zero-order valence-electron chi connectivity index (χ0n) is 3.56. The summed E-state index contributed by atoms with van der Waals surface area (Å²) in [6.45, 7) is 0.0417. The summed E-state index contributed by atoms with van der Waals surface area (Å²) in [6, 6.07) is 0. The lowest BCUT2D eigenvalue weighted by atomic mass is 11.6. The predicted octanol–water partition coefficient (Wildman–Crippen LogP) is -0.710. The fourth-order valence-corrected chi connectivity index (χ4v) is 0.151. The van der Waals surface area contributed by atoms with Crippen LogP contribution in [0.15, 0.2) is 0 Å². The molecule has 0 aromatic carbocycles. The van der Waals surface area contributed by atoms with Crippen LogP contribution in [0.2, 0.25) is 0 Å². The largest absolute Gasteiger partial charge is 0.480 e. The highest BCUT2D eigenvalue weighted by atomic mass is 16.5. The van der Waals surface area contributed by atoms with Gasteiger partial charge in [-0.3, -0.25) is 4.79 Å². The SMILES string of the molecule is [13CH3][15NH][13CH2][13C](=O)O. The number of hydrogen-bond acceptors (Lipinski definition) is 2. The first-order valence-electron chi connectivity index (χ1n) is 1.63. The van der Waals surface area contributed by atoms with E-state index in [2.05, 4.69) is 5.32 Å². The fraction of sp³-hybridized carbons (Fsp3) is 0.667. The lowest BCUT2D eigenvalue weighted by Crippen LogP contribution is -2.16. The highest BCUT2D eigenvalue weighted by Gasteiger charge is 1.86. The van der Waals surface area contributed by atoms with Crippen LogP contribution < -0.4 is 5.32 Å². The molecule has 6 heavy (non-hydrogen) atoms. The van der Waals surface area contributed by atoms with Crippen molar-refractivity contribution in [2.45, 2.75) is 0 Å². The molecule has 0 aromatic heterocycles. The van der Waals surface area contributed by atoms with Gasteiger partial charge in [0.25, 0.3) is 0 Å². The molecule has 0 rings (SSSR count). The van der Waals surface area contributed by atoms with Crippen LogP contribution in [0.25, 0.3) is 0 Å². The standard InChI is InChI=1S/C3H7NO2/c1-4-2-3(5)6/h4H,2H2,1H3,(H,5,6)/i1+1,2+1,3+1,4+1. The van der Waals surface area contributed by atoms with E-state index in [0.717, 1.165) is 0 Å². The molecule has 0 aliphatic heterocycles. The Morgan fingerprint density at radius 1 is 2.00 bits per heavy atom. The summed E-state index contributed by atoms with van der Waals surface area (Å²) < 4.78 is 0. The topological polar surface area (TPSA) is 49.3 Å². The van der Waals surface area contributed by atoms with Gasteiger partial charge in [-0.25, -0.2) is 0 Å². The Hall–Kier alpha value is -0.570. The Balaban J connectivity index is 2.83. The number of carbonyl (C=O) groups is 1. The van der Waals surface area contributed by atoms with E-state index in [1.54, 1.807) is 7.05 Å². The van der Waals surface area contributed by atoms with E-state index in [4.69, 9.17) is 5.11 Å². The fourth-order valence-electron chi connectivity index (χ4n) is 0.151. The molecule has 3 heteroatoms. The maximum Gasteiger partial charge on any atom is 0.317 e. The van der Waals surface area contributed by atoms with Gasteiger partial charge in [-0.1, -0.05) is 0 Å². The van der Waals surface area contributed by atoms with Gasteiger partial charge < -0.3 is 10.4 Å². The number of nitrogens with one attached hydrogen (secondary N) is 1. The molecule has 36 valence electrons. The molecule has 0 atom stereocenters. The third-order valence-electron chi connectivity index (χ3n) is 0.328. The van der Waals surface area contributed by atoms with Gasteiger partial charge in [0.05, 0.1) is 6.54 Å². The van der Waals surface area contributed by atoms with Crippen LogP contribution in [-0.4, -0.2) is 24.7 Å². The zero-order chi connectivity index (χ0) is 4.99. The molecule has 3 nitrogen and oxygen atoms in total. The van der Waals surface area contributed by atoms with Crippen LogP contribution >= 0.6 is 0 Å². The van der Waals surface area contributed by atoms with E-state index < -0.39 is 5.97 Å². The summed E-state index contributed by atoms with van der Waals surface area (Å²) in [5.41, 5.74) is 0. The highest BCUT2D eigenvalue weighted by molar-refractivity contribution is 5.68. The molecule has 0 bridgehead atoms. The van der Waals surface area contributed by atoms with Gasteiger partial charge in [-0.2, -0.15) is 0 Å². The van der Waals surface area contributed by atoms with Crippen LogP contribution in [0.4, 0.5) is 0 Å². The predicted molar refractivity (Wildman–Crippen MR) is 21.6 cm³/mol. The molecule has 0 aromatic rings. The van der Waals surface area contributed by atoms with Gasteiger partial charge in [0.15, 0.2) is 0 Å². The Kier molecular flexibility index (Phi) is 2.40. The van der Waals surface area contributed by atoms with Gasteiger partial charge >= 0.3 is 5.97 Å². The molecule has 0 aliphatic carbocycles. The monoisotopic (exact) mass is 93.1 g/mol. The van der Waals surface area contributed by atoms with Crippen molar-refractivity contribution in [1.29, 1.82) is 0 Å². The van der Waals surface area contributed by atoms with Crippen LogP contribution in [0, 0.1) is 0 Å². The second-order valence-corrected chi connectivity index (χ2v) is 0.924. The van der Waals surface area contributed by atoms with Crippen molar-refractivity contribution in [2.24, 2.45) is 0 Å². The summed E-state index contributed by atoms with van der Waals surface area (Å²) >= 11 is 0. The normalized spacial score (nSPS) is 8.17. The summed E-state index contributed by atoms with van der Waals surface area (Å²) in [5.74, 6) is -0.822. The smallest absolute Gasteiger partial charge is 0.317 e. The van der Waals surface area contributed by atoms with Gasteiger partial charge in [-0.05, 0) is 7.05 Å². The van der Waals surface area contributed by atoms with Crippen LogP contribution in [0.3, 0.4) is 0 Å². The van der Waals surface area contributed by atoms with E-state index in [1.807, 2.05) is 0 Å². The molecular formula is C3H7NO2. The minimum absolute atomic E-state index is 0.0417. The van der Waals surface area contributed by atoms with Crippen LogP contribution in [0.1, 0.15) is 0 Å². The summed E-state index contributed by atoms with van der Waals surface area (Å²) in [4.78, 5) is 9.54. The Morgan fingerprint density at radius 2 is 2.50 bits per heavy atom. The average Bonchev–Trinajstić information content (AvgIpc) is 1.35. The van der Waals surface area contributed by atoms with E-state index >= 15 is 0 Å². The number of aliphatic carboxylic acids is 1. The van der Waals surface area contributed by atoms with E-state index in [-0.39, 0.29) is 6.54 Å². The summed E-state index contributed by atoms with van der Waals surface area (Å²) in [7, 11) is 1.59. The van der Waals surface area contributed by atoms with Gasteiger partial charge in [0, 0.05) is 0 Å². The molecule has 0 amide bonds. The summed E-state index contributed by atoms with van der Waals surface area (Å²) in [5, 5.41) is 10.3. The lowest BCUT2D eigenvalue weighted by Gasteiger charge is -1.84. The van der Waals surface area contributed by atoms with E-state index in [9.17, 15) is 4.79 Å². The Labute approximate surface area is 36.0 Å². The maximum atomic E-state index is 9.54. The van der Waals surface area contributed by atoms with Gasteiger partial charge in [0.1, 0.15) is 0 Å². The van der Waals surface area contributed by atoms with Crippen molar-refractivity contribution < 1.29 is 9.90 Å². The van der Waals surface area contributed by atoms with Crippen molar-refractivity contribution in [2.75, 3.05) is 13.6 Å². The van der Waals surface area contributed by atoms with E-state index in [1.165, 1.54) is 0 Å². The minimum Gasteiger partial charge on any atom is -0.480 e. The molecule has 0 aliphatic rings.